The van der Waals surface area contributed by atoms with Crippen LogP contribution in [-0.2, 0) is 15.9 Å². The first-order valence-electron chi connectivity index (χ1n) is 6.71. The van der Waals surface area contributed by atoms with Gasteiger partial charge in [-0.2, -0.15) is 0 Å². The van der Waals surface area contributed by atoms with E-state index in [1.54, 1.807) is 14.2 Å². The van der Waals surface area contributed by atoms with Crippen molar-refractivity contribution in [3.63, 3.8) is 0 Å². The summed E-state index contributed by atoms with van der Waals surface area (Å²) in [6, 6.07) is 8.17. The Balaban J connectivity index is 2.14. The maximum Gasteiger partial charge on any atom is 0.118 e. The third kappa shape index (κ3) is 7.15. The number of benzene rings is 1. The second-order valence-electron chi connectivity index (χ2n) is 4.56. The molecular formula is C15H25NO3. The van der Waals surface area contributed by atoms with Crippen LogP contribution in [-0.4, -0.2) is 40.1 Å². The number of ether oxygens (including phenoxy) is 3. The van der Waals surface area contributed by atoms with E-state index in [-0.39, 0.29) is 6.04 Å². The van der Waals surface area contributed by atoms with Crippen molar-refractivity contribution in [2.45, 2.75) is 25.3 Å². The molecule has 19 heavy (non-hydrogen) atoms. The first-order chi connectivity index (χ1) is 9.26. The molecular weight excluding hydrogens is 242 g/mol. The van der Waals surface area contributed by atoms with Crippen LogP contribution in [0.15, 0.2) is 24.3 Å². The van der Waals surface area contributed by atoms with Crippen molar-refractivity contribution >= 4 is 0 Å². The highest BCUT2D eigenvalue weighted by Gasteiger charge is 2.04. The summed E-state index contributed by atoms with van der Waals surface area (Å²) < 4.78 is 15.6. The average molecular weight is 267 g/mol. The molecule has 0 aliphatic rings. The molecule has 1 aromatic rings. The molecule has 0 bridgehead atoms. The van der Waals surface area contributed by atoms with Gasteiger partial charge in [0.05, 0.1) is 7.11 Å². The second kappa shape index (κ2) is 9.78. The van der Waals surface area contributed by atoms with E-state index < -0.39 is 0 Å². The third-order valence-corrected chi connectivity index (χ3v) is 2.93. The van der Waals surface area contributed by atoms with Gasteiger partial charge < -0.3 is 19.9 Å². The van der Waals surface area contributed by atoms with Crippen molar-refractivity contribution in [1.82, 2.24) is 0 Å². The Labute approximate surface area is 115 Å². The lowest BCUT2D eigenvalue weighted by Gasteiger charge is -2.12. The number of methoxy groups -OCH3 is 2. The SMILES string of the molecule is COCCCOCCC(N)Cc1ccc(OC)cc1. The van der Waals surface area contributed by atoms with E-state index in [0.717, 1.165) is 38.2 Å². The van der Waals surface area contributed by atoms with Crippen LogP contribution in [0.2, 0.25) is 0 Å². The van der Waals surface area contributed by atoms with Gasteiger partial charge in [0.15, 0.2) is 0 Å². The molecule has 1 atom stereocenters. The summed E-state index contributed by atoms with van der Waals surface area (Å²) in [4.78, 5) is 0. The molecule has 0 heterocycles. The average Bonchev–Trinajstić information content (AvgIpc) is 2.43. The number of rotatable bonds is 10. The molecule has 0 aliphatic heterocycles. The van der Waals surface area contributed by atoms with Crippen molar-refractivity contribution in [1.29, 1.82) is 0 Å². The van der Waals surface area contributed by atoms with Crippen molar-refractivity contribution in [2.75, 3.05) is 34.0 Å². The Morgan fingerprint density at radius 1 is 1.05 bits per heavy atom. The molecule has 0 saturated heterocycles. The van der Waals surface area contributed by atoms with E-state index in [1.807, 2.05) is 12.1 Å². The highest BCUT2D eigenvalue weighted by atomic mass is 16.5. The van der Waals surface area contributed by atoms with Crippen molar-refractivity contribution in [3.8, 4) is 5.75 Å². The maximum absolute atomic E-state index is 6.08. The summed E-state index contributed by atoms with van der Waals surface area (Å²) >= 11 is 0. The maximum atomic E-state index is 6.08. The Hall–Kier alpha value is -1.10. The first-order valence-corrected chi connectivity index (χ1v) is 6.71. The summed E-state index contributed by atoms with van der Waals surface area (Å²) in [6.45, 7) is 2.20. The van der Waals surface area contributed by atoms with Crippen molar-refractivity contribution < 1.29 is 14.2 Å². The first kappa shape index (κ1) is 16.0. The topological polar surface area (TPSA) is 53.7 Å². The van der Waals surface area contributed by atoms with Gasteiger partial charge in [-0.15, -0.1) is 0 Å². The van der Waals surface area contributed by atoms with Gasteiger partial charge >= 0.3 is 0 Å². The van der Waals surface area contributed by atoms with Gasteiger partial charge in [0, 0.05) is 33.0 Å². The van der Waals surface area contributed by atoms with E-state index in [0.29, 0.717) is 6.61 Å². The van der Waals surface area contributed by atoms with Gasteiger partial charge in [-0.1, -0.05) is 12.1 Å². The van der Waals surface area contributed by atoms with Crippen molar-refractivity contribution in [3.05, 3.63) is 29.8 Å². The van der Waals surface area contributed by atoms with E-state index >= 15 is 0 Å². The summed E-state index contributed by atoms with van der Waals surface area (Å²) in [6.07, 6.45) is 2.68. The van der Waals surface area contributed by atoms with Gasteiger partial charge in [-0.3, -0.25) is 0 Å². The Morgan fingerprint density at radius 3 is 2.42 bits per heavy atom. The summed E-state index contributed by atoms with van der Waals surface area (Å²) in [5.74, 6) is 0.874. The standard InChI is InChI=1S/C15H25NO3/c1-17-9-3-10-19-11-8-14(16)12-13-4-6-15(18-2)7-5-13/h4-7,14H,3,8-12,16H2,1-2H3. The molecule has 0 radical (unpaired) electrons. The van der Waals surface area contributed by atoms with Crippen LogP contribution >= 0.6 is 0 Å². The predicted molar refractivity (Wildman–Crippen MR) is 76.6 cm³/mol. The highest BCUT2D eigenvalue weighted by molar-refractivity contribution is 5.27. The largest absolute Gasteiger partial charge is 0.497 e. The Morgan fingerprint density at radius 2 is 1.79 bits per heavy atom. The van der Waals surface area contributed by atoms with Crippen LogP contribution in [0.4, 0.5) is 0 Å². The molecule has 0 saturated carbocycles. The zero-order valence-electron chi connectivity index (χ0n) is 11.9. The minimum absolute atomic E-state index is 0.135. The Bertz CT molecular complexity index is 327. The van der Waals surface area contributed by atoms with Crippen molar-refractivity contribution in [2.24, 2.45) is 5.73 Å². The molecule has 0 aliphatic carbocycles. The third-order valence-electron chi connectivity index (χ3n) is 2.93. The predicted octanol–water partition coefficient (Wildman–Crippen LogP) is 2.01. The minimum atomic E-state index is 0.135. The van der Waals surface area contributed by atoms with E-state index in [4.69, 9.17) is 19.9 Å². The quantitative estimate of drug-likeness (QED) is 0.659. The van der Waals surface area contributed by atoms with E-state index in [9.17, 15) is 0 Å². The minimum Gasteiger partial charge on any atom is -0.497 e. The van der Waals surface area contributed by atoms with Gasteiger partial charge in [0.1, 0.15) is 5.75 Å². The molecule has 0 aromatic heterocycles. The molecule has 1 aromatic carbocycles. The number of nitrogens with two attached hydrogens (primary N) is 1. The molecule has 1 rings (SSSR count). The lowest BCUT2D eigenvalue weighted by atomic mass is 10.0. The summed E-state index contributed by atoms with van der Waals surface area (Å²) in [5.41, 5.74) is 7.31. The smallest absolute Gasteiger partial charge is 0.118 e. The lowest BCUT2D eigenvalue weighted by molar-refractivity contribution is 0.0984. The zero-order chi connectivity index (χ0) is 13.9. The molecule has 0 fully saturated rings. The van der Waals surface area contributed by atoms with Crippen LogP contribution in [0, 0.1) is 0 Å². The van der Waals surface area contributed by atoms with Gasteiger partial charge in [-0.25, -0.2) is 0 Å². The van der Waals surface area contributed by atoms with Crippen LogP contribution in [0.3, 0.4) is 0 Å². The summed E-state index contributed by atoms with van der Waals surface area (Å²) in [7, 11) is 3.37. The number of hydrogen-bond donors (Lipinski definition) is 1. The normalized spacial score (nSPS) is 12.4. The monoisotopic (exact) mass is 267 g/mol. The summed E-state index contributed by atoms with van der Waals surface area (Å²) in [5, 5.41) is 0. The Kier molecular flexibility index (Phi) is 8.21. The molecule has 108 valence electrons. The molecule has 0 spiro atoms. The van der Waals surface area contributed by atoms with Crippen LogP contribution in [0.1, 0.15) is 18.4 Å². The van der Waals surface area contributed by atoms with Gasteiger partial charge in [0.2, 0.25) is 0 Å². The van der Waals surface area contributed by atoms with Crippen LogP contribution < -0.4 is 10.5 Å². The van der Waals surface area contributed by atoms with Crippen LogP contribution in [0.25, 0.3) is 0 Å². The second-order valence-corrected chi connectivity index (χ2v) is 4.56. The molecule has 1 unspecified atom stereocenters. The molecule has 4 nitrogen and oxygen atoms in total. The van der Waals surface area contributed by atoms with Crippen LogP contribution in [0.5, 0.6) is 5.75 Å². The molecule has 2 N–H and O–H groups in total. The lowest BCUT2D eigenvalue weighted by Crippen LogP contribution is -2.24. The molecule has 0 amide bonds. The fraction of sp³-hybridized carbons (Fsp3) is 0.600. The highest BCUT2D eigenvalue weighted by Crippen LogP contribution is 2.12. The number of hydrogen-bond acceptors (Lipinski definition) is 4. The molecule has 4 heteroatoms. The fourth-order valence-corrected chi connectivity index (χ4v) is 1.81. The van der Waals surface area contributed by atoms with Gasteiger partial charge in [0.25, 0.3) is 0 Å². The fourth-order valence-electron chi connectivity index (χ4n) is 1.81. The zero-order valence-corrected chi connectivity index (χ0v) is 11.9. The van der Waals surface area contributed by atoms with E-state index in [2.05, 4.69) is 12.1 Å². The van der Waals surface area contributed by atoms with Gasteiger partial charge in [-0.05, 0) is 37.0 Å². The van der Waals surface area contributed by atoms with E-state index in [1.165, 1.54) is 5.56 Å².